The Labute approximate surface area is 122 Å². The predicted molar refractivity (Wildman–Crippen MR) is 79.1 cm³/mol. The van der Waals surface area contributed by atoms with Gasteiger partial charge in [0, 0.05) is 22.9 Å². The zero-order valence-electron chi connectivity index (χ0n) is 11.2. The molecule has 4 nitrogen and oxygen atoms in total. The minimum atomic E-state index is 0.571. The second-order valence-corrected chi connectivity index (χ2v) is 4.92. The van der Waals surface area contributed by atoms with Crippen molar-refractivity contribution in [1.82, 2.24) is 19.7 Å². The minimum Gasteiger partial charge on any atom is -0.242 e. The van der Waals surface area contributed by atoms with E-state index < -0.39 is 0 Å². The van der Waals surface area contributed by atoms with Crippen LogP contribution in [-0.2, 0) is 0 Å². The molecule has 0 radical (unpaired) electrons. The average molecular weight is 285 g/mol. The van der Waals surface area contributed by atoms with Crippen LogP contribution in [0.25, 0.3) is 17.1 Å². The number of aryl methyl sites for hydroxylation is 1. The molecule has 0 saturated carbocycles. The summed E-state index contributed by atoms with van der Waals surface area (Å²) in [4.78, 5) is 8.31. The average Bonchev–Trinajstić information content (AvgIpc) is 2.76. The summed E-state index contributed by atoms with van der Waals surface area (Å²) in [7, 11) is 0. The van der Waals surface area contributed by atoms with E-state index in [4.69, 9.17) is 11.6 Å². The van der Waals surface area contributed by atoms with Gasteiger partial charge in [-0.3, -0.25) is 0 Å². The molecule has 0 bridgehead atoms. The molecule has 3 rings (SSSR count). The zero-order chi connectivity index (χ0) is 14.1. The van der Waals surface area contributed by atoms with Gasteiger partial charge in [0.25, 0.3) is 0 Å². The number of halogens is 1. The summed E-state index contributed by atoms with van der Waals surface area (Å²) in [6, 6.07) is 11.8. The molecule has 2 aromatic heterocycles. The summed E-state index contributed by atoms with van der Waals surface area (Å²) < 4.78 is 1.65. The fraction of sp³-hybridized carbons (Fsp3) is 0.133. The van der Waals surface area contributed by atoms with Crippen LogP contribution in [0.1, 0.15) is 11.3 Å². The summed E-state index contributed by atoms with van der Waals surface area (Å²) in [6.45, 7) is 3.87. The van der Waals surface area contributed by atoms with E-state index in [9.17, 15) is 0 Å². The standard InChI is InChI=1S/C15H13ClN4/c1-10-8-13(18-9-17-10)20-15(16)11(2)14(19-20)12-6-4-3-5-7-12/h3-9H,1-2H3. The van der Waals surface area contributed by atoms with Gasteiger partial charge in [-0.25, -0.2) is 14.6 Å². The largest absolute Gasteiger partial charge is 0.242 e. The van der Waals surface area contributed by atoms with E-state index in [2.05, 4.69) is 15.1 Å². The van der Waals surface area contributed by atoms with Gasteiger partial charge >= 0.3 is 0 Å². The van der Waals surface area contributed by atoms with Crippen molar-refractivity contribution in [1.29, 1.82) is 0 Å². The smallest absolute Gasteiger partial charge is 0.158 e. The van der Waals surface area contributed by atoms with Crippen LogP contribution in [0.2, 0.25) is 5.15 Å². The number of hydrogen-bond acceptors (Lipinski definition) is 3. The highest BCUT2D eigenvalue weighted by atomic mass is 35.5. The first-order chi connectivity index (χ1) is 9.66. The van der Waals surface area contributed by atoms with E-state index in [0.29, 0.717) is 11.0 Å². The van der Waals surface area contributed by atoms with Crippen LogP contribution in [0.5, 0.6) is 0 Å². The molecule has 0 amide bonds. The summed E-state index contributed by atoms with van der Waals surface area (Å²) in [5.41, 5.74) is 3.72. The van der Waals surface area contributed by atoms with Gasteiger partial charge in [0.2, 0.25) is 0 Å². The number of hydrogen-bond donors (Lipinski definition) is 0. The van der Waals surface area contributed by atoms with Gasteiger partial charge in [0.05, 0.1) is 5.69 Å². The minimum absolute atomic E-state index is 0.571. The Morgan fingerprint density at radius 2 is 1.80 bits per heavy atom. The van der Waals surface area contributed by atoms with Gasteiger partial charge in [0.15, 0.2) is 5.82 Å². The lowest BCUT2D eigenvalue weighted by molar-refractivity contribution is 0.838. The van der Waals surface area contributed by atoms with Crippen molar-refractivity contribution in [3.63, 3.8) is 0 Å². The van der Waals surface area contributed by atoms with Crippen LogP contribution < -0.4 is 0 Å². The van der Waals surface area contributed by atoms with E-state index in [1.54, 1.807) is 4.68 Å². The molecule has 0 saturated heterocycles. The monoisotopic (exact) mass is 284 g/mol. The Bertz CT molecular complexity index is 750. The third kappa shape index (κ3) is 2.18. The van der Waals surface area contributed by atoms with Crippen molar-refractivity contribution in [2.24, 2.45) is 0 Å². The van der Waals surface area contributed by atoms with E-state index in [0.717, 1.165) is 22.5 Å². The van der Waals surface area contributed by atoms with Crippen molar-refractivity contribution >= 4 is 11.6 Å². The molecular weight excluding hydrogens is 272 g/mol. The van der Waals surface area contributed by atoms with Crippen LogP contribution in [0.15, 0.2) is 42.7 Å². The molecule has 0 fully saturated rings. The second-order valence-electron chi connectivity index (χ2n) is 4.56. The third-order valence-electron chi connectivity index (χ3n) is 3.10. The first-order valence-electron chi connectivity index (χ1n) is 6.26. The Morgan fingerprint density at radius 1 is 1.05 bits per heavy atom. The molecule has 0 aliphatic heterocycles. The Kier molecular flexibility index (Phi) is 3.24. The van der Waals surface area contributed by atoms with E-state index in [-0.39, 0.29) is 0 Å². The number of rotatable bonds is 2. The maximum atomic E-state index is 6.39. The molecule has 0 aliphatic rings. The summed E-state index contributed by atoms with van der Waals surface area (Å²) in [5, 5.41) is 5.16. The number of nitrogens with zero attached hydrogens (tertiary/aromatic N) is 4. The second kappa shape index (κ2) is 5.06. The Hall–Kier alpha value is -2.20. The van der Waals surface area contributed by atoms with Crippen molar-refractivity contribution in [3.8, 4) is 17.1 Å². The quantitative estimate of drug-likeness (QED) is 0.722. The predicted octanol–water partition coefficient (Wildman–Crippen LogP) is 3.60. The van der Waals surface area contributed by atoms with Crippen LogP contribution >= 0.6 is 11.6 Å². The fourth-order valence-corrected chi connectivity index (χ4v) is 2.27. The van der Waals surface area contributed by atoms with Gasteiger partial charge in [-0.05, 0) is 13.8 Å². The maximum absolute atomic E-state index is 6.39. The fourth-order valence-electron chi connectivity index (χ4n) is 2.05. The normalized spacial score (nSPS) is 10.8. The molecule has 0 N–H and O–H groups in total. The molecule has 0 unspecified atom stereocenters. The van der Waals surface area contributed by atoms with Crippen LogP contribution in [-0.4, -0.2) is 19.7 Å². The van der Waals surface area contributed by atoms with Crippen molar-refractivity contribution in [3.05, 3.63) is 59.1 Å². The van der Waals surface area contributed by atoms with E-state index in [1.807, 2.05) is 50.2 Å². The molecule has 0 atom stereocenters. The highest BCUT2D eigenvalue weighted by molar-refractivity contribution is 6.31. The van der Waals surface area contributed by atoms with Gasteiger partial charge in [-0.15, -0.1) is 0 Å². The molecule has 20 heavy (non-hydrogen) atoms. The van der Waals surface area contributed by atoms with Crippen molar-refractivity contribution < 1.29 is 0 Å². The summed E-state index contributed by atoms with van der Waals surface area (Å²) in [6.07, 6.45) is 1.51. The van der Waals surface area contributed by atoms with E-state index in [1.165, 1.54) is 6.33 Å². The molecule has 2 heterocycles. The van der Waals surface area contributed by atoms with Gasteiger partial charge in [-0.2, -0.15) is 5.10 Å². The number of benzene rings is 1. The molecule has 3 aromatic rings. The highest BCUT2D eigenvalue weighted by Crippen LogP contribution is 2.29. The first kappa shape index (κ1) is 12.8. The lowest BCUT2D eigenvalue weighted by atomic mass is 10.1. The van der Waals surface area contributed by atoms with Crippen LogP contribution in [0.3, 0.4) is 0 Å². The third-order valence-corrected chi connectivity index (χ3v) is 3.55. The summed E-state index contributed by atoms with van der Waals surface area (Å²) >= 11 is 6.39. The van der Waals surface area contributed by atoms with Crippen LogP contribution in [0, 0.1) is 13.8 Å². The molecule has 0 aliphatic carbocycles. The lowest BCUT2D eigenvalue weighted by Gasteiger charge is -2.02. The molecule has 1 aromatic carbocycles. The van der Waals surface area contributed by atoms with Crippen LogP contribution in [0.4, 0.5) is 0 Å². The van der Waals surface area contributed by atoms with E-state index >= 15 is 0 Å². The lowest BCUT2D eigenvalue weighted by Crippen LogP contribution is -2.01. The SMILES string of the molecule is Cc1cc(-n2nc(-c3ccccc3)c(C)c2Cl)ncn1. The number of aromatic nitrogens is 4. The van der Waals surface area contributed by atoms with Crippen molar-refractivity contribution in [2.75, 3.05) is 0 Å². The maximum Gasteiger partial charge on any atom is 0.158 e. The van der Waals surface area contributed by atoms with Gasteiger partial charge in [0.1, 0.15) is 11.5 Å². The summed E-state index contributed by atoms with van der Waals surface area (Å²) in [5.74, 6) is 0.674. The van der Waals surface area contributed by atoms with Gasteiger partial charge < -0.3 is 0 Å². The highest BCUT2D eigenvalue weighted by Gasteiger charge is 2.15. The molecule has 100 valence electrons. The Balaban J connectivity index is 2.16. The van der Waals surface area contributed by atoms with Crippen molar-refractivity contribution in [2.45, 2.75) is 13.8 Å². The molecule has 0 spiro atoms. The zero-order valence-corrected chi connectivity index (χ0v) is 12.0. The first-order valence-corrected chi connectivity index (χ1v) is 6.64. The van der Waals surface area contributed by atoms with Gasteiger partial charge in [-0.1, -0.05) is 41.9 Å². The molecular formula is C15H13ClN4. The Morgan fingerprint density at radius 3 is 2.50 bits per heavy atom. The molecule has 5 heteroatoms. The topological polar surface area (TPSA) is 43.6 Å².